The SMILES string of the molecule is COc1c(F)cc(Br)c(C)c1C1CCNCC1. The monoisotopic (exact) mass is 301 g/mol. The zero-order valence-electron chi connectivity index (χ0n) is 10.1. The van der Waals surface area contributed by atoms with Crippen molar-refractivity contribution in [1.82, 2.24) is 5.32 Å². The lowest BCUT2D eigenvalue weighted by atomic mass is 9.86. The number of rotatable bonds is 2. The summed E-state index contributed by atoms with van der Waals surface area (Å²) in [5.41, 5.74) is 2.12. The van der Waals surface area contributed by atoms with Gasteiger partial charge in [-0.15, -0.1) is 0 Å². The fourth-order valence-corrected chi connectivity index (χ4v) is 2.94. The third kappa shape index (κ3) is 2.47. The number of piperidine rings is 1. The van der Waals surface area contributed by atoms with E-state index in [1.54, 1.807) is 0 Å². The number of ether oxygens (including phenoxy) is 1. The molecule has 0 aliphatic carbocycles. The molecule has 17 heavy (non-hydrogen) atoms. The van der Waals surface area contributed by atoms with Crippen LogP contribution in [0.2, 0.25) is 0 Å². The lowest BCUT2D eigenvalue weighted by molar-refractivity contribution is 0.366. The normalized spacial score (nSPS) is 17.2. The fraction of sp³-hybridized carbons (Fsp3) is 0.538. The van der Waals surface area contributed by atoms with Crippen LogP contribution in [0.15, 0.2) is 10.5 Å². The number of hydrogen-bond donors (Lipinski definition) is 1. The predicted octanol–water partition coefficient (Wildman–Crippen LogP) is 3.37. The largest absolute Gasteiger partial charge is 0.493 e. The molecule has 4 heteroatoms. The van der Waals surface area contributed by atoms with Gasteiger partial charge in [-0.3, -0.25) is 0 Å². The van der Waals surface area contributed by atoms with E-state index in [1.165, 1.54) is 13.2 Å². The Morgan fingerprint density at radius 2 is 2.06 bits per heavy atom. The minimum atomic E-state index is -0.279. The van der Waals surface area contributed by atoms with Crippen LogP contribution in [0.3, 0.4) is 0 Å². The zero-order chi connectivity index (χ0) is 12.4. The molecule has 1 heterocycles. The summed E-state index contributed by atoms with van der Waals surface area (Å²) in [6, 6.07) is 1.48. The van der Waals surface area contributed by atoms with Crippen molar-refractivity contribution in [3.05, 3.63) is 27.5 Å². The van der Waals surface area contributed by atoms with E-state index in [-0.39, 0.29) is 5.82 Å². The molecule has 2 nitrogen and oxygen atoms in total. The topological polar surface area (TPSA) is 21.3 Å². The van der Waals surface area contributed by atoms with Crippen molar-refractivity contribution in [1.29, 1.82) is 0 Å². The van der Waals surface area contributed by atoms with Crippen molar-refractivity contribution in [3.8, 4) is 5.75 Å². The first-order chi connectivity index (χ1) is 8.15. The zero-order valence-corrected chi connectivity index (χ0v) is 11.7. The van der Waals surface area contributed by atoms with E-state index in [2.05, 4.69) is 21.2 Å². The van der Waals surface area contributed by atoms with E-state index in [1.807, 2.05) is 6.92 Å². The maximum atomic E-state index is 13.9. The number of benzene rings is 1. The lowest BCUT2D eigenvalue weighted by Crippen LogP contribution is -2.27. The maximum Gasteiger partial charge on any atom is 0.166 e. The Kier molecular flexibility index (Phi) is 4.05. The summed E-state index contributed by atoms with van der Waals surface area (Å²) < 4.78 is 19.9. The van der Waals surface area contributed by atoms with Gasteiger partial charge in [0.1, 0.15) is 0 Å². The highest BCUT2D eigenvalue weighted by atomic mass is 79.9. The Morgan fingerprint density at radius 1 is 1.41 bits per heavy atom. The van der Waals surface area contributed by atoms with E-state index in [9.17, 15) is 4.39 Å². The van der Waals surface area contributed by atoms with Crippen LogP contribution in [-0.2, 0) is 0 Å². The summed E-state index contributed by atoms with van der Waals surface area (Å²) in [6.45, 7) is 3.99. The molecule has 1 saturated heterocycles. The van der Waals surface area contributed by atoms with Gasteiger partial charge in [-0.1, -0.05) is 15.9 Å². The van der Waals surface area contributed by atoms with E-state index < -0.39 is 0 Å². The molecule has 0 amide bonds. The molecule has 0 aromatic heterocycles. The van der Waals surface area contributed by atoms with E-state index in [0.717, 1.165) is 41.5 Å². The van der Waals surface area contributed by atoms with Gasteiger partial charge in [0, 0.05) is 10.0 Å². The molecule has 1 N–H and O–H groups in total. The summed E-state index contributed by atoms with van der Waals surface area (Å²) in [4.78, 5) is 0. The quantitative estimate of drug-likeness (QED) is 0.904. The van der Waals surface area contributed by atoms with Crippen molar-refractivity contribution in [3.63, 3.8) is 0 Å². The Balaban J connectivity index is 2.48. The van der Waals surface area contributed by atoms with Crippen molar-refractivity contribution in [2.45, 2.75) is 25.7 Å². The number of methoxy groups -OCH3 is 1. The van der Waals surface area contributed by atoms with Gasteiger partial charge in [-0.2, -0.15) is 0 Å². The summed E-state index contributed by atoms with van der Waals surface area (Å²) in [7, 11) is 1.54. The standard InChI is InChI=1S/C13H17BrFNO/c1-8-10(14)7-11(15)13(17-2)12(8)9-3-5-16-6-4-9/h7,9,16H,3-6H2,1-2H3. The molecule has 0 atom stereocenters. The summed E-state index contributed by atoms with van der Waals surface area (Å²) >= 11 is 3.42. The van der Waals surface area contributed by atoms with Gasteiger partial charge >= 0.3 is 0 Å². The number of halogens is 2. The highest BCUT2D eigenvalue weighted by molar-refractivity contribution is 9.10. The summed E-state index contributed by atoms with van der Waals surface area (Å²) in [5.74, 6) is 0.523. The van der Waals surface area contributed by atoms with Crippen molar-refractivity contribution in [2.75, 3.05) is 20.2 Å². The van der Waals surface area contributed by atoms with Gasteiger partial charge in [-0.05, 0) is 50.4 Å². The average molecular weight is 302 g/mol. The number of hydrogen-bond acceptors (Lipinski definition) is 2. The molecule has 0 saturated carbocycles. The van der Waals surface area contributed by atoms with Crippen LogP contribution in [0.5, 0.6) is 5.75 Å². The molecule has 2 rings (SSSR count). The van der Waals surface area contributed by atoms with E-state index >= 15 is 0 Å². The van der Waals surface area contributed by atoms with Gasteiger partial charge in [-0.25, -0.2) is 4.39 Å². The predicted molar refractivity (Wildman–Crippen MR) is 70.2 cm³/mol. The Morgan fingerprint density at radius 3 is 2.65 bits per heavy atom. The van der Waals surface area contributed by atoms with Gasteiger partial charge in [0.15, 0.2) is 11.6 Å². The highest BCUT2D eigenvalue weighted by Crippen LogP contribution is 2.39. The van der Waals surface area contributed by atoms with E-state index in [4.69, 9.17) is 4.74 Å². The first-order valence-electron chi connectivity index (χ1n) is 5.88. The molecule has 0 unspecified atom stereocenters. The first kappa shape index (κ1) is 12.8. The van der Waals surface area contributed by atoms with Crippen LogP contribution in [-0.4, -0.2) is 20.2 Å². The first-order valence-corrected chi connectivity index (χ1v) is 6.67. The summed E-state index contributed by atoms with van der Waals surface area (Å²) in [5, 5.41) is 3.32. The average Bonchev–Trinajstić information content (AvgIpc) is 2.34. The molecule has 1 fully saturated rings. The molecule has 1 aliphatic rings. The van der Waals surface area contributed by atoms with Crippen LogP contribution < -0.4 is 10.1 Å². The second-order valence-electron chi connectivity index (χ2n) is 4.44. The Bertz CT molecular complexity index is 416. The van der Waals surface area contributed by atoms with Gasteiger partial charge in [0.05, 0.1) is 7.11 Å². The Labute approximate surface area is 110 Å². The van der Waals surface area contributed by atoms with E-state index in [0.29, 0.717) is 11.7 Å². The smallest absolute Gasteiger partial charge is 0.166 e. The fourth-order valence-electron chi connectivity index (χ4n) is 2.52. The molecule has 1 aromatic rings. The van der Waals surface area contributed by atoms with Gasteiger partial charge < -0.3 is 10.1 Å². The molecule has 0 spiro atoms. The second-order valence-corrected chi connectivity index (χ2v) is 5.29. The number of nitrogens with one attached hydrogen (secondary N) is 1. The van der Waals surface area contributed by atoms with Crippen molar-refractivity contribution >= 4 is 15.9 Å². The van der Waals surface area contributed by atoms with Crippen LogP contribution in [0, 0.1) is 12.7 Å². The van der Waals surface area contributed by atoms with Crippen molar-refractivity contribution in [2.24, 2.45) is 0 Å². The lowest BCUT2D eigenvalue weighted by Gasteiger charge is -2.26. The third-order valence-electron chi connectivity index (χ3n) is 3.43. The molecule has 1 aliphatic heterocycles. The molecular formula is C13H17BrFNO. The molecule has 1 aromatic carbocycles. The minimum absolute atomic E-state index is 0.279. The highest BCUT2D eigenvalue weighted by Gasteiger charge is 2.24. The van der Waals surface area contributed by atoms with Crippen LogP contribution in [0.1, 0.15) is 29.9 Å². The van der Waals surface area contributed by atoms with Crippen LogP contribution in [0.25, 0.3) is 0 Å². The van der Waals surface area contributed by atoms with Gasteiger partial charge in [0.2, 0.25) is 0 Å². The maximum absolute atomic E-state index is 13.9. The molecule has 0 bridgehead atoms. The van der Waals surface area contributed by atoms with Crippen LogP contribution in [0.4, 0.5) is 4.39 Å². The Hall–Kier alpha value is -0.610. The summed E-state index contributed by atoms with van der Waals surface area (Å²) in [6.07, 6.45) is 2.07. The van der Waals surface area contributed by atoms with Crippen LogP contribution >= 0.6 is 15.9 Å². The second kappa shape index (κ2) is 5.36. The van der Waals surface area contributed by atoms with Gasteiger partial charge in [0.25, 0.3) is 0 Å². The third-order valence-corrected chi connectivity index (χ3v) is 4.25. The molecule has 94 valence electrons. The molecular weight excluding hydrogens is 285 g/mol. The molecule has 0 radical (unpaired) electrons. The minimum Gasteiger partial charge on any atom is -0.493 e. The van der Waals surface area contributed by atoms with Crippen molar-refractivity contribution < 1.29 is 9.13 Å².